The fourth-order valence-corrected chi connectivity index (χ4v) is 4.18. The number of nitrogens with two attached hydrogens (primary N) is 2. The van der Waals surface area contributed by atoms with Crippen molar-refractivity contribution in [3.63, 3.8) is 0 Å². The molecule has 1 aromatic carbocycles. The minimum Gasteiger partial charge on any atom is -0.478 e. The van der Waals surface area contributed by atoms with E-state index in [1.165, 1.54) is 18.6 Å². The average Bonchev–Trinajstić information content (AvgIpc) is 3.46. The molecule has 0 radical (unpaired) electrons. The average molecular weight is 502 g/mol. The standard InChI is InChI=1S/C13H16F3N5.C11H10N2O2/c14-13(15,16)8-4-19-12-10(9(18)5-20-12)11(8)21-3-1-2-7(17)6-21;14-11(15)10-6-12-13(8-10)7-9-4-2-1-3-5-9/h4-5,7H,1-3,6,17-18H2,(H,19,20);1-6,8H,7H2,(H,14,15)/t7-;/m1./s1. The van der Waals surface area contributed by atoms with Crippen molar-refractivity contribution >= 4 is 28.4 Å². The zero-order chi connectivity index (χ0) is 25.9. The third-order valence-corrected chi connectivity index (χ3v) is 5.85. The number of aromatic amines is 1. The van der Waals surface area contributed by atoms with Gasteiger partial charge < -0.3 is 26.5 Å². The molecule has 1 fully saturated rings. The molecule has 0 aliphatic carbocycles. The van der Waals surface area contributed by atoms with Crippen LogP contribution in [0.1, 0.15) is 34.3 Å². The van der Waals surface area contributed by atoms with E-state index in [9.17, 15) is 18.0 Å². The van der Waals surface area contributed by atoms with Gasteiger partial charge in [0, 0.05) is 37.7 Å². The lowest BCUT2D eigenvalue weighted by Crippen LogP contribution is -2.43. The summed E-state index contributed by atoms with van der Waals surface area (Å²) in [4.78, 5) is 18.9. The molecule has 190 valence electrons. The van der Waals surface area contributed by atoms with E-state index in [0.29, 0.717) is 30.7 Å². The van der Waals surface area contributed by atoms with Crippen LogP contribution < -0.4 is 16.4 Å². The highest BCUT2D eigenvalue weighted by Crippen LogP contribution is 2.42. The molecule has 0 amide bonds. The second-order valence-corrected chi connectivity index (χ2v) is 8.55. The first-order valence-corrected chi connectivity index (χ1v) is 11.3. The summed E-state index contributed by atoms with van der Waals surface area (Å²) in [6.07, 6.45) is 2.28. The maximum absolute atomic E-state index is 13.3. The number of nitrogens with zero attached hydrogens (tertiary/aromatic N) is 4. The Morgan fingerprint density at radius 1 is 1.22 bits per heavy atom. The second-order valence-electron chi connectivity index (χ2n) is 8.55. The largest absolute Gasteiger partial charge is 0.478 e. The number of pyridine rings is 1. The SMILES string of the molecule is Nc1c[nH]c2ncc(C(F)(F)F)c(N3CCC[C@@H](N)C3)c12.O=C(O)c1cnn(Cc2ccccc2)c1. The fraction of sp³-hybridized carbons (Fsp3) is 0.292. The van der Waals surface area contributed by atoms with Gasteiger partial charge in [-0.1, -0.05) is 30.3 Å². The van der Waals surface area contributed by atoms with Crippen molar-refractivity contribution in [1.29, 1.82) is 0 Å². The number of aromatic carboxylic acids is 1. The number of halogens is 3. The Morgan fingerprint density at radius 3 is 2.61 bits per heavy atom. The second kappa shape index (κ2) is 10.3. The van der Waals surface area contributed by atoms with Crippen molar-refractivity contribution in [2.45, 2.75) is 31.6 Å². The molecular formula is C24H26F3N7O2. The number of piperidine rings is 1. The topological polar surface area (TPSA) is 139 Å². The smallest absolute Gasteiger partial charge is 0.419 e. The van der Waals surface area contributed by atoms with Crippen molar-refractivity contribution in [1.82, 2.24) is 19.7 Å². The van der Waals surface area contributed by atoms with Crippen LogP contribution in [-0.2, 0) is 12.7 Å². The molecule has 0 unspecified atom stereocenters. The van der Waals surface area contributed by atoms with Crippen LogP contribution in [0.25, 0.3) is 11.0 Å². The van der Waals surface area contributed by atoms with Gasteiger partial charge in [0.2, 0.25) is 0 Å². The third-order valence-electron chi connectivity index (χ3n) is 5.85. The zero-order valence-electron chi connectivity index (χ0n) is 19.2. The molecule has 1 aliphatic rings. The Hall–Kier alpha value is -4.06. The number of anilines is 2. The van der Waals surface area contributed by atoms with Crippen molar-refractivity contribution in [3.8, 4) is 0 Å². The van der Waals surface area contributed by atoms with Crippen molar-refractivity contribution in [3.05, 3.63) is 71.8 Å². The minimum atomic E-state index is -4.48. The number of rotatable bonds is 4. The van der Waals surface area contributed by atoms with Crippen molar-refractivity contribution in [2.24, 2.45) is 5.73 Å². The molecule has 3 aromatic heterocycles. The van der Waals surface area contributed by atoms with E-state index in [2.05, 4.69) is 15.1 Å². The molecule has 1 saturated heterocycles. The summed E-state index contributed by atoms with van der Waals surface area (Å²) in [6, 6.07) is 9.64. The van der Waals surface area contributed by atoms with Crippen LogP contribution >= 0.6 is 0 Å². The van der Waals surface area contributed by atoms with Gasteiger partial charge in [0.1, 0.15) is 5.65 Å². The molecule has 4 heterocycles. The molecule has 1 aliphatic heterocycles. The van der Waals surface area contributed by atoms with E-state index in [1.807, 2.05) is 30.3 Å². The predicted octanol–water partition coefficient (Wildman–Crippen LogP) is 3.72. The monoisotopic (exact) mass is 501 g/mol. The number of carbonyl (C=O) groups is 1. The summed E-state index contributed by atoms with van der Waals surface area (Å²) < 4.78 is 41.6. The van der Waals surface area contributed by atoms with Gasteiger partial charge in [-0.05, 0) is 18.4 Å². The van der Waals surface area contributed by atoms with Crippen molar-refractivity contribution < 1.29 is 23.1 Å². The number of aromatic nitrogens is 4. The van der Waals surface area contributed by atoms with Gasteiger partial charge in [-0.3, -0.25) is 4.68 Å². The van der Waals surface area contributed by atoms with Gasteiger partial charge >= 0.3 is 12.1 Å². The number of alkyl halides is 3. The van der Waals surface area contributed by atoms with Gasteiger partial charge in [0.25, 0.3) is 0 Å². The Kier molecular flexibility index (Phi) is 7.15. The number of hydrogen-bond acceptors (Lipinski definition) is 6. The maximum atomic E-state index is 13.3. The number of carboxylic acid groups (broad SMARTS) is 1. The molecule has 9 nitrogen and oxygen atoms in total. The van der Waals surface area contributed by atoms with Crippen molar-refractivity contribution in [2.75, 3.05) is 23.7 Å². The highest BCUT2D eigenvalue weighted by Gasteiger charge is 2.38. The van der Waals surface area contributed by atoms with E-state index >= 15 is 0 Å². The van der Waals surface area contributed by atoms with Gasteiger partial charge in [0.05, 0.1) is 40.6 Å². The maximum Gasteiger partial charge on any atom is 0.419 e. The molecule has 6 N–H and O–H groups in total. The normalized spacial score (nSPS) is 16.0. The first kappa shape index (κ1) is 25.0. The zero-order valence-corrected chi connectivity index (χ0v) is 19.2. The highest BCUT2D eigenvalue weighted by molar-refractivity contribution is 6.01. The quantitative estimate of drug-likeness (QED) is 0.334. The van der Waals surface area contributed by atoms with E-state index < -0.39 is 17.7 Å². The number of fused-ring (bicyclic) bond motifs is 1. The molecule has 5 rings (SSSR count). The summed E-state index contributed by atoms with van der Waals surface area (Å²) >= 11 is 0. The third kappa shape index (κ3) is 5.60. The first-order valence-electron chi connectivity index (χ1n) is 11.3. The molecule has 0 bridgehead atoms. The van der Waals surface area contributed by atoms with Crippen LogP contribution in [0.5, 0.6) is 0 Å². The summed E-state index contributed by atoms with van der Waals surface area (Å²) in [7, 11) is 0. The van der Waals surface area contributed by atoms with Gasteiger partial charge in [-0.2, -0.15) is 18.3 Å². The Morgan fingerprint density at radius 2 is 1.97 bits per heavy atom. The minimum absolute atomic E-state index is 0.0846. The Labute approximate surface area is 204 Å². The molecule has 36 heavy (non-hydrogen) atoms. The lowest BCUT2D eigenvalue weighted by atomic mass is 10.0. The Bertz CT molecular complexity index is 1330. The van der Waals surface area contributed by atoms with Crippen LogP contribution in [0.15, 0.2) is 55.1 Å². The summed E-state index contributed by atoms with van der Waals surface area (Å²) in [6.45, 7) is 1.50. The Balaban J connectivity index is 0.000000179. The van der Waals surface area contributed by atoms with Crippen LogP contribution in [0, 0.1) is 0 Å². The van der Waals surface area contributed by atoms with Crippen LogP contribution in [0.2, 0.25) is 0 Å². The first-order chi connectivity index (χ1) is 17.1. The molecule has 0 saturated carbocycles. The van der Waals surface area contributed by atoms with E-state index in [1.54, 1.807) is 9.58 Å². The predicted molar refractivity (Wildman–Crippen MR) is 130 cm³/mol. The van der Waals surface area contributed by atoms with E-state index in [4.69, 9.17) is 16.6 Å². The van der Waals surface area contributed by atoms with Crippen LogP contribution in [0.3, 0.4) is 0 Å². The molecule has 4 aromatic rings. The molecule has 1 atom stereocenters. The number of hydrogen-bond donors (Lipinski definition) is 4. The highest BCUT2D eigenvalue weighted by atomic mass is 19.4. The van der Waals surface area contributed by atoms with Gasteiger partial charge in [-0.25, -0.2) is 9.78 Å². The number of nitrogens with one attached hydrogen (secondary N) is 1. The van der Waals surface area contributed by atoms with Crippen LogP contribution in [0.4, 0.5) is 24.5 Å². The number of nitrogen functional groups attached to an aromatic ring is 1. The lowest BCUT2D eigenvalue weighted by molar-refractivity contribution is -0.137. The summed E-state index contributed by atoms with van der Waals surface area (Å²) in [5.41, 5.74) is 13.0. The summed E-state index contributed by atoms with van der Waals surface area (Å²) in [5, 5.41) is 13.0. The number of carboxylic acids is 1. The van der Waals surface area contributed by atoms with Gasteiger partial charge in [-0.15, -0.1) is 0 Å². The fourth-order valence-electron chi connectivity index (χ4n) is 4.18. The summed E-state index contributed by atoms with van der Waals surface area (Å²) in [5.74, 6) is -0.950. The van der Waals surface area contributed by atoms with E-state index in [-0.39, 0.29) is 23.0 Å². The number of benzene rings is 1. The molecular weight excluding hydrogens is 475 g/mol. The lowest BCUT2D eigenvalue weighted by Gasteiger charge is -2.34. The van der Waals surface area contributed by atoms with Gasteiger partial charge in [0.15, 0.2) is 0 Å². The van der Waals surface area contributed by atoms with Crippen LogP contribution in [-0.4, -0.2) is 50.0 Å². The number of H-pyrrole nitrogens is 1. The molecule has 12 heteroatoms. The molecule has 0 spiro atoms. The van der Waals surface area contributed by atoms with E-state index in [0.717, 1.165) is 24.6 Å².